The van der Waals surface area contributed by atoms with E-state index in [1.807, 2.05) is 0 Å². The summed E-state index contributed by atoms with van der Waals surface area (Å²) in [5, 5.41) is 0. The lowest BCUT2D eigenvalue weighted by molar-refractivity contribution is -0.148. The monoisotopic (exact) mass is 292 g/mol. The third kappa shape index (κ3) is 3.27. The Morgan fingerprint density at radius 1 is 1.44 bits per heavy atom. The summed E-state index contributed by atoms with van der Waals surface area (Å²) in [6, 6.07) is 8.21. The van der Waals surface area contributed by atoms with Crippen molar-refractivity contribution >= 4 is 21.9 Å². The predicted molar refractivity (Wildman–Crippen MR) is 59.7 cm³/mol. The lowest BCUT2D eigenvalue weighted by Gasteiger charge is -2.21. The maximum atomic E-state index is 13.6. The molecule has 0 N–H and O–H groups in total. The summed E-state index contributed by atoms with van der Waals surface area (Å²) in [5.74, 6) is -4.10. The van der Waals surface area contributed by atoms with Crippen molar-refractivity contribution < 1.29 is 18.3 Å². The van der Waals surface area contributed by atoms with E-state index in [1.54, 1.807) is 30.3 Å². The van der Waals surface area contributed by atoms with Crippen LogP contribution in [0.25, 0.3) is 0 Å². The second kappa shape index (κ2) is 5.39. The van der Waals surface area contributed by atoms with Crippen molar-refractivity contribution in [3.8, 4) is 0 Å². The molecule has 0 spiro atoms. The van der Waals surface area contributed by atoms with Gasteiger partial charge in [-0.3, -0.25) is 4.79 Å². The highest BCUT2D eigenvalue weighted by atomic mass is 79.9. The molecule has 1 unspecified atom stereocenters. The van der Waals surface area contributed by atoms with Crippen molar-refractivity contribution in [1.29, 1.82) is 0 Å². The Kier molecular flexibility index (Phi) is 4.41. The van der Waals surface area contributed by atoms with E-state index in [0.717, 1.165) is 7.11 Å². The Hall–Kier alpha value is -0.970. The predicted octanol–water partition coefficient (Wildman–Crippen LogP) is 3.32. The second-order valence-corrected chi connectivity index (χ2v) is 4.20. The quantitative estimate of drug-likeness (QED) is 0.629. The second-order valence-electron chi connectivity index (χ2n) is 3.29. The van der Waals surface area contributed by atoms with E-state index in [4.69, 9.17) is 0 Å². The highest BCUT2D eigenvalue weighted by molar-refractivity contribution is 9.09. The molecule has 2 nitrogen and oxygen atoms in total. The average molecular weight is 293 g/mol. The highest BCUT2D eigenvalue weighted by Gasteiger charge is 2.41. The molecule has 0 amide bonds. The summed E-state index contributed by atoms with van der Waals surface area (Å²) in [7, 11) is 1.09. The van der Waals surface area contributed by atoms with E-state index in [-0.39, 0.29) is 0 Å². The molecule has 0 heterocycles. The van der Waals surface area contributed by atoms with Crippen LogP contribution in [0.3, 0.4) is 0 Å². The van der Waals surface area contributed by atoms with E-state index in [2.05, 4.69) is 20.7 Å². The van der Waals surface area contributed by atoms with Crippen LogP contribution in [0.1, 0.15) is 16.8 Å². The third-order valence-electron chi connectivity index (χ3n) is 2.07. The number of hydrogen-bond donors (Lipinski definition) is 0. The summed E-state index contributed by atoms with van der Waals surface area (Å²) in [5.41, 5.74) is 0.427. The fraction of sp³-hybridized carbons (Fsp3) is 0.364. The van der Waals surface area contributed by atoms with Gasteiger partial charge in [0.25, 0.3) is 5.92 Å². The largest absolute Gasteiger partial charge is 0.469 e. The minimum atomic E-state index is -3.17. The Morgan fingerprint density at radius 3 is 2.50 bits per heavy atom. The summed E-state index contributed by atoms with van der Waals surface area (Å²) in [4.78, 5) is 9.65. The van der Waals surface area contributed by atoms with Crippen molar-refractivity contribution in [2.45, 2.75) is 17.2 Å². The molecule has 0 bridgehead atoms. The zero-order chi connectivity index (χ0) is 12.2. The van der Waals surface area contributed by atoms with Crippen molar-refractivity contribution in [3.63, 3.8) is 0 Å². The molecule has 1 rings (SSSR count). The molecule has 1 atom stereocenters. The molecule has 0 aliphatic heterocycles. The average Bonchev–Trinajstić information content (AvgIpc) is 2.28. The number of rotatable bonds is 4. The molecule has 0 fully saturated rings. The van der Waals surface area contributed by atoms with Gasteiger partial charge in [0.1, 0.15) is 11.2 Å². The van der Waals surface area contributed by atoms with Gasteiger partial charge in [-0.25, -0.2) is 8.78 Å². The SMILES string of the molecule is COC(=O)CC(F)(F)C(Br)c1ccccc1. The maximum absolute atomic E-state index is 13.6. The first-order valence-electron chi connectivity index (χ1n) is 4.61. The normalized spacial score (nSPS) is 13.2. The fourth-order valence-corrected chi connectivity index (χ4v) is 1.69. The van der Waals surface area contributed by atoms with E-state index in [1.165, 1.54) is 0 Å². The Balaban J connectivity index is 2.79. The molecule has 0 saturated carbocycles. The number of carbonyl (C=O) groups is 1. The standard InChI is InChI=1S/C11H11BrF2O2/c1-16-9(15)7-11(13,14)10(12)8-5-3-2-4-6-8/h2-6,10H,7H2,1H3. The smallest absolute Gasteiger partial charge is 0.311 e. The number of halogens is 3. The number of esters is 1. The summed E-state index contributed by atoms with van der Waals surface area (Å²) < 4.78 is 31.4. The molecule has 0 aliphatic carbocycles. The van der Waals surface area contributed by atoms with E-state index in [9.17, 15) is 13.6 Å². The first-order valence-corrected chi connectivity index (χ1v) is 5.52. The molecule has 0 saturated heterocycles. The molecule has 1 aromatic rings. The van der Waals surface area contributed by atoms with Crippen molar-refractivity contribution in [2.24, 2.45) is 0 Å². The topological polar surface area (TPSA) is 26.3 Å². The Labute approximate surface area is 101 Å². The fourth-order valence-electron chi connectivity index (χ4n) is 1.22. The zero-order valence-electron chi connectivity index (χ0n) is 8.62. The number of carbonyl (C=O) groups excluding carboxylic acids is 1. The van der Waals surface area contributed by atoms with Gasteiger partial charge in [0.15, 0.2) is 0 Å². The van der Waals surface area contributed by atoms with Crippen LogP contribution < -0.4 is 0 Å². The van der Waals surface area contributed by atoms with Crippen LogP contribution in [0.15, 0.2) is 30.3 Å². The third-order valence-corrected chi connectivity index (χ3v) is 3.27. The van der Waals surface area contributed by atoms with Crippen molar-refractivity contribution in [1.82, 2.24) is 0 Å². The number of methoxy groups -OCH3 is 1. The van der Waals surface area contributed by atoms with Crippen LogP contribution in [-0.4, -0.2) is 19.0 Å². The molecule has 16 heavy (non-hydrogen) atoms. The minimum absolute atomic E-state index is 0.427. The lowest BCUT2D eigenvalue weighted by Crippen LogP contribution is -2.26. The van der Waals surface area contributed by atoms with Crippen molar-refractivity contribution in [2.75, 3.05) is 7.11 Å². The molecule has 1 aromatic carbocycles. The number of benzene rings is 1. The van der Waals surface area contributed by atoms with Crippen LogP contribution in [0, 0.1) is 0 Å². The molecule has 0 aliphatic rings. The highest BCUT2D eigenvalue weighted by Crippen LogP contribution is 2.40. The summed E-state index contributed by atoms with van der Waals surface area (Å²) >= 11 is 2.91. The van der Waals surface area contributed by atoms with E-state index < -0.39 is 23.1 Å². The van der Waals surface area contributed by atoms with Gasteiger partial charge in [0.2, 0.25) is 0 Å². The van der Waals surface area contributed by atoms with Crippen LogP contribution in [-0.2, 0) is 9.53 Å². The van der Waals surface area contributed by atoms with Crippen LogP contribution >= 0.6 is 15.9 Å². The Morgan fingerprint density at radius 2 is 2.00 bits per heavy atom. The van der Waals surface area contributed by atoms with Gasteiger partial charge in [-0.1, -0.05) is 46.3 Å². The van der Waals surface area contributed by atoms with Crippen molar-refractivity contribution in [3.05, 3.63) is 35.9 Å². The number of ether oxygens (including phenoxy) is 1. The summed E-state index contributed by atoms with van der Waals surface area (Å²) in [6.07, 6.45) is -0.936. The Bertz CT molecular complexity index is 354. The van der Waals surface area contributed by atoms with Gasteiger partial charge < -0.3 is 4.74 Å². The first kappa shape index (κ1) is 13.1. The van der Waals surface area contributed by atoms with Crippen LogP contribution in [0.4, 0.5) is 8.78 Å². The van der Waals surface area contributed by atoms with Gasteiger partial charge in [-0.05, 0) is 5.56 Å². The first-order chi connectivity index (χ1) is 7.47. The maximum Gasteiger partial charge on any atom is 0.311 e. The van der Waals surface area contributed by atoms with Gasteiger partial charge in [-0.2, -0.15) is 0 Å². The van der Waals surface area contributed by atoms with Gasteiger partial charge >= 0.3 is 5.97 Å². The lowest BCUT2D eigenvalue weighted by atomic mass is 10.0. The van der Waals surface area contributed by atoms with E-state index in [0.29, 0.717) is 5.56 Å². The molecular weight excluding hydrogens is 282 g/mol. The van der Waals surface area contributed by atoms with Crippen LogP contribution in [0.5, 0.6) is 0 Å². The zero-order valence-corrected chi connectivity index (χ0v) is 10.2. The number of alkyl halides is 3. The molecule has 5 heteroatoms. The molecule has 88 valence electrons. The molecule has 0 radical (unpaired) electrons. The molecule has 0 aromatic heterocycles. The summed E-state index contributed by atoms with van der Waals surface area (Å²) in [6.45, 7) is 0. The van der Waals surface area contributed by atoms with Crippen LogP contribution in [0.2, 0.25) is 0 Å². The minimum Gasteiger partial charge on any atom is -0.469 e. The number of hydrogen-bond acceptors (Lipinski definition) is 2. The van der Waals surface area contributed by atoms with Gasteiger partial charge in [0, 0.05) is 0 Å². The van der Waals surface area contributed by atoms with Gasteiger partial charge in [0.05, 0.1) is 7.11 Å². The van der Waals surface area contributed by atoms with E-state index >= 15 is 0 Å². The molecular formula is C11H11BrF2O2. The van der Waals surface area contributed by atoms with Gasteiger partial charge in [-0.15, -0.1) is 0 Å².